The number of carbonyl (C=O) groups excluding carboxylic acids is 1. The van der Waals surface area contributed by atoms with E-state index in [0.717, 1.165) is 0 Å². The fraction of sp³-hybridized carbons (Fsp3) is 0.0833. The van der Waals surface area contributed by atoms with Gasteiger partial charge in [0.25, 0.3) is 5.91 Å². The molecule has 22 heavy (non-hydrogen) atoms. The number of hydrogen-bond donors (Lipinski definition) is 1. The zero-order valence-corrected chi connectivity index (χ0v) is 12.5. The summed E-state index contributed by atoms with van der Waals surface area (Å²) in [5.74, 6) is 0.590. The van der Waals surface area contributed by atoms with Crippen LogP contribution in [-0.4, -0.2) is 24.9 Å². The van der Waals surface area contributed by atoms with Crippen LogP contribution in [0.15, 0.2) is 33.7 Å². The lowest BCUT2D eigenvalue weighted by Gasteiger charge is -1.93. The highest BCUT2D eigenvalue weighted by Crippen LogP contribution is 2.26. The van der Waals surface area contributed by atoms with E-state index in [-0.39, 0.29) is 18.3 Å². The summed E-state index contributed by atoms with van der Waals surface area (Å²) in [6.07, 6.45) is 3.09. The minimum Gasteiger partial charge on any atom is -0.460 e. The van der Waals surface area contributed by atoms with E-state index < -0.39 is 4.92 Å². The second-order valence-electron chi connectivity index (χ2n) is 4.28. The SMILES string of the molecule is O=C1NC(=S)SC1=Cc1ccc(Cn2ccc([N+](=O)[O-])n2)o1. The molecule has 0 aromatic carbocycles. The largest absolute Gasteiger partial charge is 0.460 e. The Hall–Kier alpha value is -2.46. The summed E-state index contributed by atoms with van der Waals surface area (Å²) in [5, 5.41) is 16.9. The molecule has 2 aromatic heterocycles. The van der Waals surface area contributed by atoms with Crippen molar-refractivity contribution in [2.45, 2.75) is 6.54 Å². The van der Waals surface area contributed by atoms with Crippen LogP contribution in [0.2, 0.25) is 0 Å². The topological polar surface area (TPSA) is 103 Å². The second kappa shape index (κ2) is 5.73. The molecule has 0 atom stereocenters. The summed E-state index contributed by atoms with van der Waals surface area (Å²) in [6.45, 7) is 0.259. The normalized spacial score (nSPS) is 16.3. The number of nitrogens with one attached hydrogen (secondary N) is 1. The van der Waals surface area contributed by atoms with Gasteiger partial charge in [-0.25, -0.2) is 0 Å². The molecule has 0 spiro atoms. The van der Waals surface area contributed by atoms with E-state index >= 15 is 0 Å². The van der Waals surface area contributed by atoms with Crippen molar-refractivity contribution in [3.05, 3.63) is 50.9 Å². The summed E-state index contributed by atoms with van der Waals surface area (Å²) in [7, 11) is 0. The second-order valence-corrected chi connectivity index (χ2v) is 6.00. The van der Waals surface area contributed by atoms with Gasteiger partial charge in [-0.2, -0.15) is 4.68 Å². The minimum atomic E-state index is -0.562. The van der Waals surface area contributed by atoms with Crippen LogP contribution >= 0.6 is 24.0 Å². The molecule has 112 valence electrons. The Morgan fingerprint density at radius 3 is 2.95 bits per heavy atom. The van der Waals surface area contributed by atoms with Gasteiger partial charge in [0.1, 0.15) is 22.4 Å². The number of amides is 1. The first-order chi connectivity index (χ1) is 10.5. The molecule has 1 N–H and O–H groups in total. The molecule has 1 aliphatic rings. The van der Waals surface area contributed by atoms with Gasteiger partial charge < -0.3 is 19.8 Å². The highest BCUT2D eigenvalue weighted by atomic mass is 32.2. The monoisotopic (exact) mass is 336 g/mol. The van der Waals surface area contributed by atoms with Crippen LogP contribution in [0, 0.1) is 10.1 Å². The van der Waals surface area contributed by atoms with Crippen LogP contribution in [0.3, 0.4) is 0 Å². The van der Waals surface area contributed by atoms with Crippen molar-refractivity contribution in [3.63, 3.8) is 0 Å². The summed E-state index contributed by atoms with van der Waals surface area (Å²) in [5.41, 5.74) is 0. The highest BCUT2D eigenvalue weighted by molar-refractivity contribution is 8.26. The van der Waals surface area contributed by atoms with E-state index in [9.17, 15) is 14.9 Å². The van der Waals surface area contributed by atoms with Crippen molar-refractivity contribution in [3.8, 4) is 0 Å². The first kappa shape index (κ1) is 14.5. The van der Waals surface area contributed by atoms with Crippen molar-refractivity contribution in [1.82, 2.24) is 15.1 Å². The number of hydrogen-bond acceptors (Lipinski definition) is 7. The van der Waals surface area contributed by atoms with Gasteiger partial charge in [0, 0.05) is 6.08 Å². The van der Waals surface area contributed by atoms with E-state index in [4.69, 9.17) is 16.6 Å². The van der Waals surface area contributed by atoms with Crippen molar-refractivity contribution in [2.75, 3.05) is 0 Å². The fourth-order valence-corrected chi connectivity index (χ4v) is 2.83. The molecular formula is C12H8N4O4S2. The van der Waals surface area contributed by atoms with Gasteiger partial charge in [0.15, 0.2) is 0 Å². The molecule has 1 aliphatic heterocycles. The van der Waals surface area contributed by atoms with E-state index in [2.05, 4.69) is 10.4 Å². The molecule has 1 amide bonds. The van der Waals surface area contributed by atoms with Gasteiger partial charge in [-0.15, -0.1) is 0 Å². The van der Waals surface area contributed by atoms with Crippen LogP contribution < -0.4 is 5.32 Å². The first-order valence-corrected chi connectivity index (χ1v) is 7.25. The standard InChI is InChI=1S/C12H8N4O4S2/c17-11-9(22-12(21)13-11)5-7-1-2-8(20-7)6-15-4-3-10(14-15)16(18)19/h1-5H,6H2,(H,13,17,21). The predicted molar refractivity (Wildman–Crippen MR) is 83.0 cm³/mol. The summed E-state index contributed by atoms with van der Waals surface area (Å²) in [4.78, 5) is 22.0. The zero-order valence-electron chi connectivity index (χ0n) is 10.9. The Morgan fingerprint density at radius 1 is 1.50 bits per heavy atom. The van der Waals surface area contributed by atoms with Gasteiger partial charge in [-0.3, -0.25) is 4.79 Å². The van der Waals surface area contributed by atoms with Gasteiger partial charge in [-0.1, -0.05) is 24.0 Å². The lowest BCUT2D eigenvalue weighted by Crippen LogP contribution is -2.17. The van der Waals surface area contributed by atoms with Crippen LogP contribution in [0.1, 0.15) is 11.5 Å². The van der Waals surface area contributed by atoms with Crippen molar-refractivity contribution < 1.29 is 14.1 Å². The lowest BCUT2D eigenvalue weighted by molar-refractivity contribution is -0.389. The number of nitrogens with zero attached hydrogens (tertiary/aromatic N) is 3. The molecular weight excluding hydrogens is 328 g/mol. The minimum absolute atomic E-state index is 0.221. The molecule has 0 aliphatic carbocycles. The lowest BCUT2D eigenvalue weighted by atomic mass is 10.3. The molecule has 8 nitrogen and oxygen atoms in total. The number of furan rings is 1. The number of rotatable bonds is 4. The molecule has 0 radical (unpaired) electrons. The number of carbonyl (C=O) groups is 1. The summed E-state index contributed by atoms with van der Waals surface area (Å²) >= 11 is 6.07. The highest BCUT2D eigenvalue weighted by Gasteiger charge is 2.22. The fourth-order valence-electron chi connectivity index (χ4n) is 1.80. The predicted octanol–water partition coefficient (Wildman–Crippen LogP) is 1.92. The van der Waals surface area contributed by atoms with Crippen molar-refractivity contribution in [1.29, 1.82) is 0 Å². The Labute approximate surface area is 133 Å². The molecule has 3 rings (SSSR count). The summed E-state index contributed by atoms with van der Waals surface area (Å²) in [6, 6.07) is 4.73. The van der Waals surface area contributed by atoms with Crippen LogP contribution in [0.5, 0.6) is 0 Å². The molecule has 1 saturated heterocycles. The Kier molecular flexibility index (Phi) is 3.77. The zero-order chi connectivity index (χ0) is 15.7. The average molecular weight is 336 g/mol. The van der Waals surface area contributed by atoms with Gasteiger partial charge in [0.2, 0.25) is 0 Å². The third-order valence-electron chi connectivity index (χ3n) is 2.73. The van der Waals surface area contributed by atoms with Crippen molar-refractivity contribution >= 4 is 46.1 Å². The number of aromatic nitrogens is 2. The van der Waals surface area contributed by atoms with E-state index in [0.29, 0.717) is 20.7 Å². The van der Waals surface area contributed by atoms with Crippen LogP contribution in [0.25, 0.3) is 6.08 Å². The van der Waals surface area contributed by atoms with E-state index in [1.54, 1.807) is 18.2 Å². The Bertz CT molecular complexity index is 808. The number of nitro groups is 1. The maximum absolute atomic E-state index is 11.5. The third kappa shape index (κ3) is 3.07. The molecule has 0 saturated carbocycles. The molecule has 10 heteroatoms. The van der Waals surface area contributed by atoms with Crippen molar-refractivity contribution in [2.24, 2.45) is 0 Å². The molecule has 2 aromatic rings. The van der Waals surface area contributed by atoms with Gasteiger partial charge in [0.05, 0.1) is 22.3 Å². The van der Waals surface area contributed by atoms with Crippen LogP contribution in [0.4, 0.5) is 5.82 Å². The van der Waals surface area contributed by atoms with Gasteiger partial charge in [-0.05, 0) is 17.1 Å². The quantitative estimate of drug-likeness (QED) is 0.394. The first-order valence-electron chi connectivity index (χ1n) is 6.03. The molecule has 0 bridgehead atoms. The number of thiocarbonyl (C=S) groups is 1. The average Bonchev–Trinajstić information content (AvgIpc) is 3.14. The maximum atomic E-state index is 11.5. The Morgan fingerprint density at radius 2 is 2.32 bits per heavy atom. The maximum Gasteiger partial charge on any atom is 0.389 e. The molecule has 3 heterocycles. The summed E-state index contributed by atoms with van der Waals surface area (Å²) < 4.78 is 7.37. The number of thioether (sulfide) groups is 1. The van der Waals surface area contributed by atoms with E-state index in [1.807, 2.05) is 0 Å². The molecule has 0 unspecified atom stereocenters. The van der Waals surface area contributed by atoms with Gasteiger partial charge >= 0.3 is 5.82 Å². The Balaban J connectivity index is 1.73. The van der Waals surface area contributed by atoms with Crippen LogP contribution in [-0.2, 0) is 11.3 Å². The van der Waals surface area contributed by atoms with E-state index in [1.165, 1.54) is 28.7 Å². The third-order valence-corrected chi connectivity index (χ3v) is 3.89. The molecule has 1 fully saturated rings. The smallest absolute Gasteiger partial charge is 0.389 e.